The normalized spacial score (nSPS) is 26.5. The molecule has 1 saturated heterocycles. The van der Waals surface area contributed by atoms with Gasteiger partial charge in [0.15, 0.2) is 0 Å². The van der Waals surface area contributed by atoms with E-state index in [1.807, 2.05) is 0 Å². The molecule has 0 aliphatic carbocycles. The predicted octanol–water partition coefficient (Wildman–Crippen LogP) is 3.28. The Labute approximate surface area is 108 Å². The highest BCUT2D eigenvalue weighted by Crippen LogP contribution is 2.18. The molecule has 0 aromatic rings. The Morgan fingerprint density at radius 1 is 1.24 bits per heavy atom. The molecule has 3 unspecified atom stereocenters. The molecule has 0 amide bonds. The van der Waals surface area contributed by atoms with Gasteiger partial charge in [-0.3, -0.25) is 4.90 Å². The van der Waals surface area contributed by atoms with Crippen LogP contribution in [-0.2, 0) is 0 Å². The van der Waals surface area contributed by atoms with E-state index in [2.05, 4.69) is 37.9 Å². The van der Waals surface area contributed by atoms with Gasteiger partial charge < -0.3 is 5.32 Å². The van der Waals surface area contributed by atoms with Crippen LogP contribution in [0.3, 0.4) is 0 Å². The van der Waals surface area contributed by atoms with Crippen LogP contribution in [0.5, 0.6) is 0 Å². The van der Waals surface area contributed by atoms with Crippen LogP contribution in [0.2, 0.25) is 0 Å². The minimum Gasteiger partial charge on any atom is -0.312 e. The summed E-state index contributed by atoms with van der Waals surface area (Å²) in [5.74, 6) is 0.801. The highest BCUT2D eigenvalue weighted by Gasteiger charge is 2.25. The Kier molecular flexibility index (Phi) is 7.14. The van der Waals surface area contributed by atoms with Crippen molar-refractivity contribution in [2.45, 2.75) is 71.9 Å². The maximum atomic E-state index is 3.74. The van der Waals surface area contributed by atoms with E-state index < -0.39 is 0 Å². The number of nitrogens with one attached hydrogen (secondary N) is 1. The molecule has 1 rings (SSSR count). The molecular weight excluding hydrogens is 208 g/mol. The van der Waals surface area contributed by atoms with Crippen LogP contribution in [0.25, 0.3) is 0 Å². The zero-order valence-corrected chi connectivity index (χ0v) is 12.3. The van der Waals surface area contributed by atoms with E-state index in [4.69, 9.17) is 0 Å². The second-order valence-corrected chi connectivity index (χ2v) is 5.65. The van der Waals surface area contributed by atoms with Crippen LogP contribution in [-0.4, -0.2) is 36.6 Å². The molecule has 0 aromatic heterocycles. The summed E-state index contributed by atoms with van der Waals surface area (Å²) in [6.45, 7) is 13.1. The van der Waals surface area contributed by atoms with Gasteiger partial charge in [-0.05, 0) is 38.3 Å². The van der Waals surface area contributed by atoms with E-state index in [0.29, 0.717) is 6.04 Å². The molecule has 0 bridgehead atoms. The molecule has 3 atom stereocenters. The van der Waals surface area contributed by atoms with Crippen molar-refractivity contribution in [3.63, 3.8) is 0 Å². The fourth-order valence-corrected chi connectivity index (χ4v) is 2.95. The zero-order valence-electron chi connectivity index (χ0n) is 12.3. The van der Waals surface area contributed by atoms with Crippen LogP contribution < -0.4 is 5.32 Å². The lowest BCUT2D eigenvalue weighted by Crippen LogP contribution is -2.45. The first-order valence-corrected chi connectivity index (χ1v) is 7.70. The molecule has 0 saturated carbocycles. The summed E-state index contributed by atoms with van der Waals surface area (Å²) in [6, 6.07) is 1.51. The SMILES string of the molecule is CCCC(CC)N1CCCNC(C(C)CC)C1. The van der Waals surface area contributed by atoms with Gasteiger partial charge >= 0.3 is 0 Å². The Hall–Kier alpha value is -0.0800. The lowest BCUT2D eigenvalue weighted by molar-refractivity contribution is 0.163. The van der Waals surface area contributed by atoms with E-state index in [1.165, 1.54) is 51.7 Å². The topological polar surface area (TPSA) is 15.3 Å². The fraction of sp³-hybridized carbons (Fsp3) is 1.00. The fourth-order valence-electron chi connectivity index (χ4n) is 2.95. The number of rotatable bonds is 6. The number of hydrogen-bond acceptors (Lipinski definition) is 2. The molecule has 1 fully saturated rings. The summed E-state index contributed by atoms with van der Waals surface area (Å²) in [6.07, 6.45) is 6.59. The minimum atomic E-state index is 0.702. The maximum absolute atomic E-state index is 3.74. The van der Waals surface area contributed by atoms with Crippen molar-refractivity contribution >= 4 is 0 Å². The first kappa shape index (κ1) is 15.0. The third-order valence-corrected chi connectivity index (χ3v) is 4.40. The molecule has 2 nitrogen and oxygen atoms in total. The molecular formula is C15H32N2. The van der Waals surface area contributed by atoms with E-state index in [0.717, 1.165) is 12.0 Å². The lowest BCUT2D eigenvalue weighted by atomic mass is 9.97. The number of nitrogens with zero attached hydrogens (tertiary/aromatic N) is 1. The van der Waals surface area contributed by atoms with Gasteiger partial charge in [0, 0.05) is 18.6 Å². The lowest BCUT2D eigenvalue weighted by Gasteiger charge is -2.33. The maximum Gasteiger partial charge on any atom is 0.0220 e. The van der Waals surface area contributed by atoms with Crippen LogP contribution in [0.4, 0.5) is 0 Å². The third kappa shape index (κ3) is 4.59. The zero-order chi connectivity index (χ0) is 12.7. The first-order chi connectivity index (χ1) is 8.22. The third-order valence-electron chi connectivity index (χ3n) is 4.40. The second kappa shape index (κ2) is 8.10. The average Bonchev–Trinajstić information content (AvgIpc) is 2.60. The molecule has 0 spiro atoms. The quantitative estimate of drug-likeness (QED) is 0.766. The summed E-state index contributed by atoms with van der Waals surface area (Å²) < 4.78 is 0. The van der Waals surface area contributed by atoms with Gasteiger partial charge in [-0.2, -0.15) is 0 Å². The molecule has 17 heavy (non-hydrogen) atoms. The van der Waals surface area contributed by atoms with Crippen LogP contribution >= 0.6 is 0 Å². The molecule has 1 heterocycles. The van der Waals surface area contributed by atoms with Crippen LogP contribution in [0, 0.1) is 5.92 Å². The molecule has 102 valence electrons. The Morgan fingerprint density at radius 2 is 2.00 bits per heavy atom. The van der Waals surface area contributed by atoms with Gasteiger partial charge in [-0.1, -0.05) is 40.5 Å². The van der Waals surface area contributed by atoms with Gasteiger partial charge in [-0.25, -0.2) is 0 Å². The summed E-state index contributed by atoms with van der Waals surface area (Å²) >= 11 is 0. The summed E-state index contributed by atoms with van der Waals surface area (Å²) in [4.78, 5) is 2.75. The standard InChI is InChI=1S/C15H32N2/c1-5-9-14(7-3)17-11-8-10-16-15(12-17)13(4)6-2/h13-16H,5-12H2,1-4H3. The van der Waals surface area contributed by atoms with Gasteiger partial charge in [-0.15, -0.1) is 0 Å². The average molecular weight is 240 g/mol. The van der Waals surface area contributed by atoms with Crippen molar-refractivity contribution in [3.05, 3.63) is 0 Å². The molecule has 1 aliphatic rings. The van der Waals surface area contributed by atoms with Crippen molar-refractivity contribution in [2.24, 2.45) is 5.92 Å². The highest BCUT2D eigenvalue weighted by atomic mass is 15.2. The minimum absolute atomic E-state index is 0.702. The Bertz CT molecular complexity index is 193. The first-order valence-electron chi connectivity index (χ1n) is 7.70. The summed E-state index contributed by atoms with van der Waals surface area (Å²) in [5, 5.41) is 3.74. The summed E-state index contributed by atoms with van der Waals surface area (Å²) in [5.41, 5.74) is 0. The molecule has 0 aromatic carbocycles. The van der Waals surface area contributed by atoms with E-state index >= 15 is 0 Å². The molecule has 1 aliphatic heterocycles. The van der Waals surface area contributed by atoms with Gasteiger partial charge in [0.1, 0.15) is 0 Å². The largest absolute Gasteiger partial charge is 0.312 e. The molecule has 0 radical (unpaired) electrons. The predicted molar refractivity (Wildman–Crippen MR) is 76.4 cm³/mol. The van der Waals surface area contributed by atoms with Crippen molar-refractivity contribution in [2.75, 3.05) is 19.6 Å². The van der Waals surface area contributed by atoms with E-state index in [1.54, 1.807) is 0 Å². The molecule has 1 N–H and O–H groups in total. The Morgan fingerprint density at radius 3 is 2.59 bits per heavy atom. The van der Waals surface area contributed by atoms with Crippen LogP contribution in [0.1, 0.15) is 59.8 Å². The highest BCUT2D eigenvalue weighted by molar-refractivity contribution is 4.83. The smallest absolute Gasteiger partial charge is 0.0220 e. The van der Waals surface area contributed by atoms with Gasteiger partial charge in [0.25, 0.3) is 0 Å². The molecule has 2 heteroatoms. The van der Waals surface area contributed by atoms with Gasteiger partial charge in [0.2, 0.25) is 0 Å². The van der Waals surface area contributed by atoms with E-state index in [-0.39, 0.29) is 0 Å². The van der Waals surface area contributed by atoms with Crippen molar-refractivity contribution < 1.29 is 0 Å². The van der Waals surface area contributed by atoms with E-state index in [9.17, 15) is 0 Å². The number of hydrogen-bond donors (Lipinski definition) is 1. The summed E-state index contributed by atoms with van der Waals surface area (Å²) in [7, 11) is 0. The Balaban J connectivity index is 2.57. The second-order valence-electron chi connectivity index (χ2n) is 5.65. The van der Waals surface area contributed by atoms with Crippen molar-refractivity contribution in [3.8, 4) is 0 Å². The van der Waals surface area contributed by atoms with Crippen molar-refractivity contribution in [1.82, 2.24) is 10.2 Å². The monoisotopic (exact) mass is 240 g/mol. The van der Waals surface area contributed by atoms with Gasteiger partial charge in [0.05, 0.1) is 0 Å². The van der Waals surface area contributed by atoms with Crippen molar-refractivity contribution in [1.29, 1.82) is 0 Å². The van der Waals surface area contributed by atoms with Crippen LogP contribution in [0.15, 0.2) is 0 Å².